The van der Waals surface area contributed by atoms with Crippen molar-refractivity contribution in [1.29, 1.82) is 0 Å². The molecule has 0 bridgehead atoms. The van der Waals surface area contributed by atoms with Crippen LogP contribution in [0, 0.1) is 11.8 Å². The SMILES string of the molecule is CCCNCC1CCC(CC)CC1c1c(OC)cnn1C. The largest absolute Gasteiger partial charge is 0.493 e. The standard InChI is InChI=1S/C17H31N3O/c1-5-9-18-11-14-8-7-13(6-2)10-15(14)17-16(21-4)12-19-20(17)3/h12-15,18H,5-11H2,1-4H3. The first kappa shape index (κ1) is 16.3. The van der Waals surface area contributed by atoms with E-state index in [-0.39, 0.29) is 0 Å². The highest BCUT2D eigenvalue weighted by molar-refractivity contribution is 5.29. The molecule has 1 N–H and O–H groups in total. The summed E-state index contributed by atoms with van der Waals surface area (Å²) in [6.07, 6.45) is 8.29. The lowest BCUT2D eigenvalue weighted by Gasteiger charge is -2.36. The topological polar surface area (TPSA) is 39.1 Å². The van der Waals surface area contributed by atoms with Crippen LogP contribution in [0.1, 0.15) is 57.6 Å². The minimum Gasteiger partial charge on any atom is -0.493 e. The van der Waals surface area contributed by atoms with E-state index in [9.17, 15) is 0 Å². The quantitative estimate of drug-likeness (QED) is 0.784. The van der Waals surface area contributed by atoms with Crippen molar-refractivity contribution in [1.82, 2.24) is 15.1 Å². The number of hydrogen-bond acceptors (Lipinski definition) is 3. The van der Waals surface area contributed by atoms with Crippen molar-refractivity contribution in [3.63, 3.8) is 0 Å². The minimum atomic E-state index is 0.565. The summed E-state index contributed by atoms with van der Waals surface area (Å²) < 4.78 is 7.58. The lowest BCUT2D eigenvalue weighted by Crippen LogP contribution is -2.33. The van der Waals surface area contributed by atoms with Crippen LogP contribution < -0.4 is 10.1 Å². The second kappa shape index (κ2) is 7.83. The molecule has 4 heteroatoms. The Labute approximate surface area is 129 Å². The van der Waals surface area contributed by atoms with E-state index in [2.05, 4.69) is 24.3 Å². The third-order valence-electron chi connectivity index (χ3n) is 5.03. The molecule has 0 aliphatic heterocycles. The first-order chi connectivity index (χ1) is 10.2. The van der Waals surface area contributed by atoms with Gasteiger partial charge in [-0.05, 0) is 44.2 Å². The van der Waals surface area contributed by atoms with Crippen molar-refractivity contribution in [2.24, 2.45) is 18.9 Å². The van der Waals surface area contributed by atoms with E-state index in [1.165, 1.54) is 37.8 Å². The van der Waals surface area contributed by atoms with Gasteiger partial charge >= 0.3 is 0 Å². The van der Waals surface area contributed by atoms with Gasteiger partial charge in [0.2, 0.25) is 0 Å². The second-order valence-electron chi connectivity index (χ2n) is 6.38. The van der Waals surface area contributed by atoms with E-state index < -0.39 is 0 Å². The fourth-order valence-electron chi connectivity index (χ4n) is 3.74. The van der Waals surface area contributed by atoms with Crippen LogP contribution in [-0.2, 0) is 7.05 Å². The predicted octanol–water partition coefficient (Wildman–Crippen LogP) is 3.34. The van der Waals surface area contributed by atoms with Crippen molar-refractivity contribution in [2.45, 2.75) is 51.9 Å². The van der Waals surface area contributed by atoms with Crippen LogP contribution >= 0.6 is 0 Å². The number of rotatable bonds is 7. The molecule has 0 amide bonds. The summed E-state index contributed by atoms with van der Waals surface area (Å²) in [4.78, 5) is 0. The molecule has 1 saturated carbocycles. The van der Waals surface area contributed by atoms with E-state index >= 15 is 0 Å². The lowest BCUT2D eigenvalue weighted by molar-refractivity contribution is 0.215. The molecule has 1 aliphatic rings. The molecule has 120 valence electrons. The maximum Gasteiger partial charge on any atom is 0.160 e. The molecule has 0 aromatic carbocycles. The Morgan fingerprint density at radius 1 is 1.38 bits per heavy atom. The zero-order chi connectivity index (χ0) is 15.2. The Hall–Kier alpha value is -1.03. The van der Waals surface area contributed by atoms with Crippen LogP contribution in [0.25, 0.3) is 0 Å². The number of aryl methyl sites for hydroxylation is 1. The highest BCUT2D eigenvalue weighted by Gasteiger charge is 2.34. The van der Waals surface area contributed by atoms with Gasteiger partial charge in [-0.2, -0.15) is 5.10 Å². The summed E-state index contributed by atoms with van der Waals surface area (Å²) in [7, 11) is 3.80. The number of methoxy groups -OCH3 is 1. The van der Waals surface area contributed by atoms with Crippen LogP contribution in [0.4, 0.5) is 0 Å². The molecule has 1 aliphatic carbocycles. The highest BCUT2D eigenvalue weighted by atomic mass is 16.5. The normalized spacial score (nSPS) is 26.0. The summed E-state index contributed by atoms with van der Waals surface area (Å²) in [5.74, 6) is 3.07. The molecule has 4 nitrogen and oxygen atoms in total. The first-order valence-corrected chi connectivity index (χ1v) is 8.47. The number of hydrogen-bond donors (Lipinski definition) is 1. The van der Waals surface area contributed by atoms with Crippen LogP contribution in [0.15, 0.2) is 6.20 Å². The number of nitrogens with one attached hydrogen (secondary N) is 1. The molecule has 21 heavy (non-hydrogen) atoms. The minimum absolute atomic E-state index is 0.565. The van der Waals surface area contributed by atoms with Gasteiger partial charge in [0.05, 0.1) is 19.0 Å². The molecular formula is C17H31N3O. The maximum absolute atomic E-state index is 5.56. The van der Waals surface area contributed by atoms with Gasteiger partial charge in [-0.15, -0.1) is 0 Å². The molecule has 0 saturated heterocycles. The number of ether oxygens (including phenoxy) is 1. The molecule has 0 spiro atoms. The molecule has 3 unspecified atom stereocenters. The average Bonchev–Trinajstić information content (AvgIpc) is 2.88. The monoisotopic (exact) mass is 293 g/mol. The fourth-order valence-corrected chi connectivity index (χ4v) is 3.74. The molecule has 1 heterocycles. The molecular weight excluding hydrogens is 262 g/mol. The van der Waals surface area contributed by atoms with E-state index in [4.69, 9.17) is 4.74 Å². The lowest BCUT2D eigenvalue weighted by atomic mass is 9.71. The average molecular weight is 293 g/mol. The summed E-state index contributed by atoms with van der Waals surface area (Å²) in [5, 5.41) is 8.03. The zero-order valence-electron chi connectivity index (χ0n) is 14.1. The molecule has 0 radical (unpaired) electrons. The molecule has 1 aromatic heterocycles. The molecule has 1 fully saturated rings. The Bertz CT molecular complexity index is 428. The van der Waals surface area contributed by atoms with E-state index in [1.54, 1.807) is 7.11 Å². The first-order valence-electron chi connectivity index (χ1n) is 8.47. The van der Waals surface area contributed by atoms with Crippen LogP contribution in [0.2, 0.25) is 0 Å². The fraction of sp³-hybridized carbons (Fsp3) is 0.824. The summed E-state index contributed by atoms with van der Waals surface area (Å²) in [6, 6.07) is 0. The van der Waals surface area contributed by atoms with E-state index in [1.807, 2.05) is 17.9 Å². The Kier molecular flexibility index (Phi) is 6.09. The number of nitrogens with zero attached hydrogens (tertiary/aromatic N) is 2. The number of aromatic nitrogens is 2. The van der Waals surface area contributed by atoms with Crippen molar-refractivity contribution in [2.75, 3.05) is 20.2 Å². The van der Waals surface area contributed by atoms with Gasteiger partial charge in [-0.3, -0.25) is 4.68 Å². The van der Waals surface area contributed by atoms with Gasteiger partial charge < -0.3 is 10.1 Å². The Balaban J connectivity index is 2.17. The maximum atomic E-state index is 5.56. The van der Waals surface area contributed by atoms with Crippen LogP contribution in [0.5, 0.6) is 5.75 Å². The zero-order valence-corrected chi connectivity index (χ0v) is 14.1. The molecule has 2 rings (SSSR count). The van der Waals surface area contributed by atoms with Gasteiger partial charge in [0.25, 0.3) is 0 Å². The molecule has 1 aromatic rings. The van der Waals surface area contributed by atoms with E-state index in [0.717, 1.165) is 24.8 Å². The Morgan fingerprint density at radius 3 is 2.86 bits per heavy atom. The van der Waals surface area contributed by atoms with Gasteiger partial charge in [-0.25, -0.2) is 0 Å². The third kappa shape index (κ3) is 3.79. The smallest absolute Gasteiger partial charge is 0.160 e. The molecule has 3 atom stereocenters. The van der Waals surface area contributed by atoms with Crippen LogP contribution in [-0.4, -0.2) is 30.0 Å². The third-order valence-corrected chi connectivity index (χ3v) is 5.03. The predicted molar refractivity (Wildman–Crippen MR) is 86.8 cm³/mol. The van der Waals surface area contributed by atoms with Crippen molar-refractivity contribution >= 4 is 0 Å². The van der Waals surface area contributed by atoms with Crippen molar-refractivity contribution in [3.05, 3.63) is 11.9 Å². The summed E-state index contributed by atoms with van der Waals surface area (Å²) >= 11 is 0. The van der Waals surface area contributed by atoms with Gasteiger partial charge in [-0.1, -0.05) is 26.7 Å². The van der Waals surface area contributed by atoms with Crippen LogP contribution in [0.3, 0.4) is 0 Å². The van der Waals surface area contributed by atoms with Gasteiger partial charge in [0, 0.05) is 13.0 Å². The Morgan fingerprint density at radius 2 is 2.19 bits per heavy atom. The second-order valence-corrected chi connectivity index (χ2v) is 6.38. The van der Waals surface area contributed by atoms with Crippen molar-refractivity contribution in [3.8, 4) is 5.75 Å². The van der Waals surface area contributed by atoms with Gasteiger partial charge in [0.1, 0.15) is 0 Å². The summed E-state index contributed by atoms with van der Waals surface area (Å²) in [6.45, 7) is 6.77. The summed E-state index contributed by atoms with van der Waals surface area (Å²) in [5.41, 5.74) is 1.29. The van der Waals surface area contributed by atoms with E-state index in [0.29, 0.717) is 11.8 Å². The van der Waals surface area contributed by atoms with Crippen molar-refractivity contribution < 1.29 is 4.74 Å². The van der Waals surface area contributed by atoms with Gasteiger partial charge in [0.15, 0.2) is 5.75 Å². The highest BCUT2D eigenvalue weighted by Crippen LogP contribution is 2.44.